The van der Waals surface area contributed by atoms with E-state index < -0.39 is 50.1 Å². The number of allylic oxidation sites excluding steroid dienone is 1. The van der Waals surface area contributed by atoms with Crippen LogP contribution in [0.15, 0.2) is 36.9 Å². The fraction of sp³-hybridized carbons (Fsp3) is 0.712. The lowest BCUT2D eigenvalue weighted by atomic mass is 9.77. The van der Waals surface area contributed by atoms with E-state index in [1.54, 1.807) is 17.9 Å². The molecule has 4 bridgehead atoms. The van der Waals surface area contributed by atoms with Crippen molar-refractivity contribution in [1.29, 1.82) is 0 Å². The van der Waals surface area contributed by atoms with E-state index in [9.17, 15) is 18.0 Å². The summed E-state index contributed by atoms with van der Waals surface area (Å²) in [6.07, 6.45) is 13.3. The number of nitrogens with one attached hydrogen (secondary N) is 1. The number of amides is 2. The first kappa shape index (κ1) is 46.6. The maximum Gasteiger partial charge on any atom is 0.306 e. The first-order chi connectivity index (χ1) is 32.3. The van der Waals surface area contributed by atoms with Crippen LogP contribution in [0, 0.1) is 29.1 Å². The Morgan fingerprint density at radius 2 is 1.67 bits per heavy atom. The van der Waals surface area contributed by atoms with Gasteiger partial charge in [0.2, 0.25) is 27.7 Å². The van der Waals surface area contributed by atoms with Gasteiger partial charge in [0.15, 0.2) is 5.78 Å². The van der Waals surface area contributed by atoms with Gasteiger partial charge in [-0.15, -0.1) is 6.58 Å². The molecule has 1 N–H and O–H groups in total. The number of nitrogens with zero attached hydrogens (tertiary/aromatic N) is 3. The summed E-state index contributed by atoms with van der Waals surface area (Å²) in [4.78, 5) is 67.4. The highest BCUT2D eigenvalue weighted by Crippen LogP contribution is 2.57. The van der Waals surface area contributed by atoms with Crippen molar-refractivity contribution in [2.75, 3.05) is 26.3 Å². The summed E-state index contributed by atoms with van der Waals surface area (Å²) >= 11 is 0. The number of fused-ring (bicyclic) bond motifs is 7. The number of rotatable bonds is 11. The Hall–Kier alpha value is -4.08. The summed E-state index contributed by atoms with van der Waals surface area (Å²) < 4.78 is 54.3. The molecule has 7 fully saturated rings. The lowest BCUT2D eigenvalue weighted by molar-refractivity contribution is -0.153. The Bertz CT molecular complexity index is 2350. The molecule has 0 radical (unpaired) electrons. The third kappa shape index (κ3) is 9.38. The number of para-hydroxylation sites is 1. The number of esters is 1. The molecule has 10 rings (SSSR count). The predicted octanol–water partition coefficient (Wildman–Crippen LogP) is 7.00. The molecular weight excluding hydrogens is 873 g/mol. The van der Waals surface area contributed by atoms with Crippen LogP contribution in [0.25, 0.3) is 10.9 Å². The molecule has 4 saturated carbocycles. The van der Waals surface area contributed by atoms with Crippen LogP contribution >= 0.6 is 0 Å². The smallest absolute Gasteiger partial charge is 0.306 e. The Balaban J connectivity index is 0.997. The summed E-state index contributed by atoms with van der Waals surface area (Å²) in [6.45, 7) is 10.2. The zero-order valence-electron chi connectivity index (χ0n) is 39.5. The molecule has 14 nitrogen and oxygen atoms in total. The number of likely N-dealkylation sites (N-methyl/N-ethyl adjacent to an activating group) is 1. The third-order valence-electron chi connectivity index (χ3n) is 17.1. The Morgan fingerprint density at radius 3 is 2.37 bits per heavy atom. The summed E-state index contributed by atoms with van der Waals surface area (Å²) in [5, 5.41) is 0.919. The molecule has 15 heteroatoms. The van der Waals surface area contributed by atoms with E-state index in [-0.39, 0.29) is 80.1 Å². The number of carbonyl (C=O) groups is 4. The van der Waals surface area contributed by atoms with Crippen molar-refractivity contribution in [2.45, 2.75) is 177 Å². The van der Waals surface area contributed by atoms with Crippen LogP contribution in [0.5, 0.6) is 11.6 Å². The van der Waals surface area contributed by atoms with Crippen LogP contribution in [0.2, 0.25) is 0 Å². The third-order valence-corrected chi connectivity index (χ3v) is 19.3. The number of carbonyl (C=O) groups excluding carboxylic acids is 4. The molecule has 1 aromatic carbocycles. The molecule has 2 aromatic rings. The number of ether oxygens (including phenoxy) is 4. The molecule has 3 saturated heterocycles. The van der Waals surface area contributed by atoms with Crippen molar-refractivity contribution in [3.05, 3.63) is 42.5 Å². The van der Waals surface area contributed by atoms with Crippen LogP contribution in [-0.2, 0) is 45.1 Å². The van der Waals surface area contributed by atoms with Gasteiger partial charge in [-0.2, -0.15) is 0 Å². The average Bonchev–Trinajstić information content (AvgIpc) is 4.28. The van der Waals surface area contributed by atoms with E-state index in [1.165, 1.54) is 0 Å². The number of hydrogen-bond acceptors (Lipinski definition) is 12. The maximum absolute atomic E-state index is 15.3. The molecule has 67 heavy (non-hydrogen) atoms. The fourth-order valence-electron chi connectivity index (χ4n) is 12.5. The van der Waals surface area contributed by atoms with Gasteiger partial charge in [-0.1, -0.05) is 57.2 Å². The maximum atomic E-state index is 15.3. The van der Waals surface area contributed by atoms with E-state index in [0.717, 1.165) is 106 Å². The number of pyridine rings is 1. The number of hydrogen-bond donors (Lipinski definition) is 1. The van der Waals surface area contributed by atoms with Crippen molar-refractivity contribution >= 4 is 44.5 Å². The second-order valence-corrected chi connectivity index (χ2v) is 23.9. The Morgan fingerprint density at radius 1 is 0.955 bits per heavy atom. The van der Waals surface area contributed by atoms with E-state index in [4.69, 9.17) is 23.9 Å². The van der Waals surface area contributed by atoms with Gasteiger partial charge in [0.1, 0.15) is 24.1 Å². The molecule has 4 aliphatic carbocycles. The van der Waals surface area contributed by atoms with E-state index in [1.807, 2.05) is 18.2 Å². The Kier molecular flexibility index (Phi) is 13.0. The molecule has 9 atom stereocenters. The lowest BCUT2D eigenvalue weighted by Crippen LogP contribution is -2.58. The summed E-state index contributed by atoms with van der Waals surface area (Å²) in [5.41, 5.74) is 0.314. The monoisotopic (exact) mass is 942 g/mol. The molecule has 2 amide bonds. The quantitative estimate of drug-likeness (QED) is 0.181. The van der Waals surface area contributed by atoms with Crippen LogP contribution in [0.3, 0.4) is 0 Å². The van der Waals surface area contributed by atoms with Crippen LogP contribution in [-0.4, -0.2) is 114 Å². The van der Waals surface area contributed by atoms with Gasteiger partial charge in [0, 0.05) is 43.2 Å². The molecule has 1 aromatic heterocycles. The van der Waals surface area contributed by atoms with Crippen molar-refractivity contribution in [3.63, 3.8) is 0 Å². The standard InChI is InChI=1S/C52H70N4O10S/c1-4-34-27-52(34,50(60)54-67(61,62)51(3)20-21-51)28-44(57)43-25-38-29-56(43)49(59)41(32-14-8-6-9-15-32)26-46(58)66-45-22-33(45)16-10-7-11-18-40-47(39-17-12-13-19-42(39)53-48(40)65-38)64-37-23-35-30-63-31-36(24-37)55(35)5-2/h4,12-13,17,19,32-38,41,43,45H,1,5-11,14-16,18,20-31H2,2-3H3,(H,54,60)/t33-,34-,35?,36?,37?,38-,41+,43+,45-,52-/m1/s1. The zero-order chi connectivity index (χ0) is 46.7. The van der Waals surface area contributed by atoms with Crippen LogP contribution in [0.4, 0.5) is 0 Å². The average molecular weight is 943 g/mol. The van der Waals surface area contributed by atoms with E-state index in [2.05, 4.69) is 29.2 Å². The second-order valence-electron chi connectivity index (χ2n) is 21.7. The van der Waals surface area contributed by atoms with Crippen molar-refractivity contribution < 1.29 is 46.5 Å². The summed E-state index contributed by atoms with van der Waals surface area (Å²) in [5.74, 6) is -1.29. The number of benzene rings is 1. The number of aromatic nitrogens is 1. The SMILES string of the molecule is C=C[C@@H]1C[C@]1(CC(=O)[C@@H]1C[C@@H]2CN1C(=O)[C@H](C1CCCCC1)CC(=O)O[C@@H]1C[C@H]1CCCCCc1c(nc3ccccc3c1OC1CC3COCC(C1)N3CC)O2)C(=O)NS(=O)(=O)C1(C)CC1. The van der Waals surface area contributed by atoms with Crippen LogP contribution in [0.1, 0.15) is 135 Å². The largest absolute Gasteiger partial charge is 0.489 e. The normalized spacial score (nSPS) is 34.6. The first-order valence-electron chi connectivity index (χ1n) is 25.6. The second kappa shape index (κ2) is 18.7. The molecule has 4 aliphatic heterocycles. The Labute approximate surface area is 395 Å². The number of piperidine rings is 1. The van der Waals surface area contributed by atoms with Crippen molar-refractivity contribution in [3.8, 4) is 11.6 Å². The fourth-order valence-corrected chi connectivity index (χ4v) is 13.9. The van der Waals surface area contributed by atoms with Crippen LogP contribution < -0.4 is 14.2 Å². The molecular formula is C52H70N4O10S. The number of ketones is 1. The molecule has 5 heterocycles. The highest BCUT2D eigenvalue weighted by atomic mass is 32.2. The van der Waals surface area contributed by atoms with Gasteiger partial charge in [-0.3, -0.25) is 28.8 Å². The molecule has 0 spiro atoms. The van der Waals surface area contributed by atoms with Gasteiger partial charge in [0.25, 0.3) is 0 Å². The van der Waals surface area contributed by atoms with Gasteiger partial charge < -0.3 is 23.8 Å². The van der Waals surface area contributed by atoms with E-state index in [0.29, 0.717) is 44.3 Å². The number of morpholine rings is 1. The molecule has 2 unspecified atom stereocenters. The predicted molar refractivity (Wildman–Crippen MR) is 251 cm³/mol. The van der Waals surface area contributed by atoms with Gasteiger partial charge in [-0.05, 0) is 101 Å². The highest BCUT2D eigenvalue weighted by molar-refractivity contribution is 7.91. The van der Waals surface area contributed by atoms with E-state index >= 15 is 9.59 Å². The van der Waals surface area contributed by atoms with Gasteiger partial charge >= 0.3 is 5.97 Å². The topological polar surface area (TPSA) is 171 Å². The first-order valence-corrected chi connectivity index (χ1v) is 27.1. The summed E-state index contributed by atoms with van der Waals surface area (Å²) in [7, 11) is -3.97. The lowest BCUT2D eigenvalue weighted by Gasteiger charge is -2.48. The van der Waals surface area contributed by atoms with Crippen molar-refractivity contribution in [2.24, 2.45) is 29.1 Å². The minimum Gasteiger partial charge on any atom is -0.489 e. The number of Topliss-reactive ketones (excluding diaryl/α,β-unsaturated/α-hetero) is 1. The van der Waals surface area contributed by atoms with Gasteiger partial charge in [-0.25, -0.2) is 13.4 Å². The zero-order valence-corrected chi connectivity index (χ0v) is 40.3. The minimum atomic E-state index is -3.97. The van der Waals surface area contributed by atoms with Gasteiger partial charge in [0.05, 0.1) is 59.4 Å². The molecule has 364 valence electrons. The molecule has 8 aliphatic rings. The minimum absolute atomic E-state index is 0.0362. The summed E-state index contributed by atoms with van der Waals surface area (Å²) in [6, 6.07) is 7.57. The number of sulfonamides is 1. The highest BCUT2D eigenvalue weighted by Gasteiger charge is 2.62. The van der Waals surface area contributed by atoms with Crippen molar-refractivity contribution in [1.82, 2.24) is 19.5 Å².